The number of aromatic nitrogens is 2. The maximum Gasteiger partial charge on any atom is 0.303 e. The third kappa shape index (κ3) is 6.03. The number of carbonyl (C=O) groups is 1. The van der Waals surface area contributed by atoms with Gasteiger partial charge in [0.25, 0.3) is 0 Å². The Hall–Kier alpha value is -2.47. The fourth-order valence-corrected chi connectivity index (χ4v) is 4.65. The lowest BCUT2D eigenvalue weighted by molar-refractivity contribution is -0.137. The van der Waals surface area contributed by atoms with Gasteiger partial charge in [-0.25, -0.2) is 9.97 Å². The third-order valence-corrected chi connectivity index (χ3v) is 6.44. The van der Waals surface area contributed by atoms with Gasteiger partial charge in [0.05, 0.1) is 24.5 Å². The minimum atomic E-state index is -0.761. The van der Waals surface area contributed by atoms with Crippen LogP contribution < -0.4 is 5.32 Å². The van der Waals surface area contributed by atoms with Gasteiger partial charge in [-0.15, -0.1) is 0 Å². The van der Waals surface area contributed by atoms with Crippen molar-refractivity contribution in [1.29, 1.82) is 0 Å². The maximum atomic E-state index is 11.4. The van der Waals surface area contributed by atoms with Gasteiger partial charge in [0, 0.05) is 25.3 Å². The normalized spacial score (nSPS) is 16.6. The Morgan fingerprint density at radius 2 is 1.87 bits per heavy atom. The molecule has 0 saturated carbocycles. The summed E-state index contributed by atoms with van der Waals surface area (Å²) >= 11 is 0. The van der Waals surface area contributed by atoms with Crippen LogP contribution in [0.4, 0.5) is 11.4 Å². The van der Waals surface area contributed by atoms with Crippen molar-refractivity contribution in [2.75, 3.05) is 18.5 Å². The summed E-state index contributed by atoms with van der Waals surface area (Å²) in [5.41, 5.74) is 4.23. The first-order chi connectivity index (χ1) is 15.0. The number of carboxylic acid groups (broad SMARTS) is 1. The summed E-state index contributed by atoms with van der Waals surface area (Å²) < 4.78 is 5.59. The molecule has 0 aliphatic carbocycles. The minimum Gasteiger partial charge on any atom is -0.481 e. The Labute approximate surface area is 185 Å². The molecule has 1 aliphatic rings. The first-order valence-electron chi connectivity index (χ1n) is 11.6. The summed E-state index contributed by atoms with van der Waals surface area (Å²) in [6.45, 7) is 7.98. The maximum absolute atomic E-state index is 11.4. The Morgan fingerprint density at radius 1 is 1.16 bits per heavy atom. The van der Waals surface area contributed by atoms with Crippen molar-refractivity contribution < 1.29 is 14.6 Å². The largest absolute Gasteiger partial charge is 0.481 e. The lowest BCUT2D eigenvalue weighted by Gasteiger charge is -2.32. The molecule has 0 amide bonds. The predicted molar refractivity (Wildman–Crippen MR) is 123 cm³/mol. The minimum absolute atomic E-state index is 0.00558. The highest BCUT2D eigenvalue weighted by atomic mass is 16.5. The number of nitrogens with zero attached hydrogens (tertiary/aromatic N) is 2. The van der Waals surface area contributed by atoms with Crippen LogP contribution in [-0.2, 0) is 16.0 Å². The molecule has 1 aromatic heterocycles. The SMILES string of the molecule is CCc1ncc(Nc2cc([C@H](CC)CC(=O)O)ccc2[C@@H](CC)C2CCOCC2)cn1. The lowest BCUT2D eigenvalue weighted by atomic mass is 9.78. The highest BCUT2D eigenvalue weighted by Gasteiger charge is 2.27. The third-order valence-electron chi connectivity index (χ3n) is 6.44. The summed E-state index contributed by atoms with van der Waals surface area (Å²) in [6.07, 6.45) is 8.58. The molecular weight excluding hydrogens is 390 g/mol. The number of carboxylic acids is 1. The fourth-order valence-electron chi connectivity index (χ4n) is 4.65. The number of benzene rings is 1. The molecule has 2 aromatic rings. The zero-order chi connectivity index (χ0) is 22.2. The molecule has 0 bridgehead atoms. The fraction of sp³-hybridized carbons (Fsp3) is 0.560. The summed E-state index contributed by atoms with van der Waals surface area (Å²) in [5.74, 6) is 1.07. The van der Waals surface area contributed by atoms with E-state index in [1.807, 2.05) is 26.2 Å². The molecule has 0 unspecified atom stereocenters. The molecule has 6 nitrogen and oxygen atoms in total. The number of aliphatic carboxylic acids is 1. The van der Waals surface area contributed by atoms with Crippen LogP contribution in [0.25, 0.3) is 0 Å². The Kier molecular flexibility index (Phi) is 8.41. The Balaban J connectivity index is 1.97. The standard InChI is InChI=1S/C25H35N3O3/c1-4-17(14-25(29)30)19-7-8-22(21(5-2)18-9-11-31-12-10-18)23(13-19)28-20-15-26-24(6-3)27-16-20/h7-8,13,15-18,21,28H,4-6,9-12,14H2,1-3H3,(H,29,30)/t17-,21+/m1/s1. The van der Waals surface area contributed by atoms with Crippen LogP contribution >= 0.6 is 0 Å². The van der Waals surface area contributed by atoms with E-state index in [0.29, 0.717) is 11.8 Å². The van der Waals surface area contributed by atoms with Crippen LogP contribution in [-0.4, -0.2) is 34.3 Å². The molecule has 2 heterocycles. The van der Waals surface area contributed by atoms with Crippen LogP contribution in [0, 0.1) is 5.92 Å². The molecule has 6 heteroatoms. The van der Waals surface area contributed by atoms with Crippen molar-refractivity contribution in [3.63, 3.8) is 0 Å². The van der Waals surface area contributed by atoms with Gasteiger partial charge >= 0.3 is 5.97 Å². The van der Waals surface area contributed by atoms with Crippen molar-refractivity contribution in [1.82, 2.24) is 9.97 Å². The molecule has 31 heavy (non-hydrogen) atoms. The number of anilines is 2. The zero-order valence-electron chi connectivity index (χ0n) is 18.9. The number of aryl methyl sites for hydroxylation is 1. The monoisotopic (exact) mass is 425 g/mol. The zero-order valence-corrected chi connectivity index (χ0v) is 18.9. The molecule has 1 fully saturated rings. The molecule has 1 saturated heterocycles. The van der Waals surface area contributed by atoms with Gasteiger partial charge in [-0.1, -0.05) is 32.9 Å². The van der Waals surface area contributed by atoms with E-state index >= 15 is 0 Å². The van der Waals surface area contributed by atoms with Crippen LogP contribution in [0.5, 0.6) is 0 Å². The number of rotatable bonds is 10. The Morgan fingerprint density at radius 3 is 2.45 bits per heavy atom. The second-order valence-corrected chi connectivity index (χ2v) is 8.38. The summed E-state index contributed by atoms with van der Waals surface area (Å²) in [6, 6.07) is 6.46. The van der Waals surface area contributed by atoms with Crippen molar-refractivity contribution >= 4 is 17.3 Å². The number of nitrogens with one attached hydrogen (secondary N) is 1. The molecule has 3 rings (SSSR count). The van der Waals surface area contributed by atoms with E-state index in [0.717, 1.165) is 68.1 Å². The van der Waals surface area contributed by atoms with E-state index in [2.05, 4.69) is 40.4 Å². The molecule has 2 N–H and O–H groups in total. The van der Waals surface area contributed by atoms with Gasteiger partial charge in [-0.05, 0) is 60.6 Å². The average Bonchev–Trinajstić information content (AvgIpc) is 2.80. The molecule has 2 atom stereocenters. The van der Waals surface area contributed by atoms with Gasteiger partial charge < -0.3 is 15.2 Å². The van der Waals surface area contributed by atoms with Gasteiger partial charge in [-0.2, -0.15) is 0 Å². The van der Waals surface area contributed by atoms with Crippen LogP contribution in [0.3, 0.4) is 0 Å². The summed E-state index contributed by atoms with van der Waals surface area (Å²) in [5, 5.41) is 12.9. The average molecular weight is 426 g/mol. The number of ether oxygens (including phenoxy) is 1. The second kappa shape index (κ2) is 11.2. The highest BCUT2D eigenvalue weighted by Crippen LogP contribution is 2.40. The van der Waals surface area contributed by atoms with Crippen LogP contribution in [0.15, 0.2) is 30.6 Å². The Bertz CT molecular complexity index is 848. The van der Waals surface area contributed by atoms with Gasteiger partial charge in [-0.3, -0.25) is 4.79 Å². The van der Waals surface area contributed by atoms with Crippen molar-refractivity contribution in [3.05, 3.63) is 47.5 Å². The number of hydrogen-bond donors (Lipinski definition) is 2. The summed E-state index contributed by atoms with van der Waals surface area (Å²) in [7, 11) is 0. The first kappa shape index (κ1) is 23.2. The topological polar surface area (TPSA) is 84.3 Å². The second-order valence-electron chi connectivity index (χ2n) is 8.38. The molecular formula is C25H35N3O3. The van der Waals surface area contributed by atoms with E-state index in [4.69, 9.17) is 4.74 Å². The van der Waals surface area contributed by atoms with Crippen LogP contribution in [0.2, 0.25) is 0 Å². The van der Waals surface area contributed by atoms with Crippen molar-refractivity contribution in [2.24, 2.45) is 5.92 Å². The highest BCUT2D eigenvalue weighted by molar-refractivity contribution is 5.69. The lowest BCUT2D eigenvalue weighted by Crippen LogP contribution is -2.22. The molecule has 1 aliphatic heterocycles. The van der Waals surface area contributed by atoms with E-state index in [1.54, 1.807) is 0 Å². The summed E-state index contributed by atoms with van der Waals surface area (Å²) in [4.78, 5) is 20.2. The molecule has 1 aromatic carbocycles. The van der Waals surface area contributed by atoms with Crippen molar-refractivity contribution in [2.45, 2.75) is 71.1 Å². The van der Waals surface area contributed by atoms with E-state index < -0.39 is 5.97 Å². The van der Waals surface area contributed by atoms with Gasteiger partial charge in [0.15, 0.2) is 0 Å². The van der Waals surface area contributed by atoms with Gasteiger partial charge in [0.1, 0.15) is 5.82 Å². The van der Waals surface area contributed by atoms with Crippen LogP contribution in [0.1, 0.15) is 81.7 Å². The van der Waals surface area contributed by atoms with E-state index in [1.165, 1.54) is 5.56 Å². The quantitative estimate of drug-likeness (QED) is 0.510. The molecule has 0 spiro atoms. The van der Waals surface area contributed by atoms with Crippen molar-refractivity contribution in [3.8, 4) is 0 Å². The first-order valence-corrected chi connectivity index (χ1v) is 11.6. The van der Waals surface area contributed by atoms with Gasteiger partial charge in [0.2, 0.25) is 0 Å². The van der Waals surface area contributed by atoms with E-state index in [-0.39, 0.29) is 12.3 Å². The smallest absolute Gasteiger partial charge is 0.303 e. The molecule has 168 valence electrons. The predicted octanol–water partition coefficient (Wildman–Crippen LogP) is 5.67. The van der Waals surface area contributed by atoms with E-state index in [9.17, 15) is 9.90 Å². The number of hydrogen-bond acceptors (Lipinski definition) is 5. The molecule has 0 radical (unpaired) electrons.